The van der Waals surface area contributed by atoms with E-state index in [1.807, 2.05) is 0 Å². The fourth-order valence-corrected chi connectivity index (χ4v) is 3.19. The van der Waals surface area contributed by atoms with Crippen molar-refractivity contribution in [3.05, 3.63) is 47.5 Å². The maximum Gasteiger partial charge on any atom is 0.191 e. The number of aryl methyl sites for hydroxylation is 1. The van der Waals surface area contributed by atoms with Crippen molar-refractivity contribution in [2.24, 2.45) is 4.99 Å². The Morgan fingerprint density at radius 3 is 2.65 bits per heavy atom. The Morgan fingerprint density at radius 2 is 2.00 bits per heavy atom. The third-order valence-corrected chi connectivity index (χ3v) is 4.73. The highest BCUT2D eigenvalue weighted by atomic mass is 127. The molecule has 0 unspecified atom stereocenters. The molecule has 0 bridgehead atoms. The zero-order valence-corrected chi connectivity index (χ0v) is 18.8. The second-order valence-electron chi connectivity index (χ2n) is 6.74. The molecule has 0 spiro atoms. The molecule has 1 fully saturated rings. The Hall–Kier alpha value is -1.08. The Labute approximate surface area is 176 Å². The third kappa shape index (κ3) is 8.08. The summed E-state index contributed by atoms with van der Waals surface area (Å²) in [6.07, 6.45) is 7.59. The average Bonchev–Trinajstić information content (AvgIpc) is 2.62. The number of piperidine rings is 1. The van der Waals surface area contributed by atoms with Crippen LogP contribution in [0.3, 0.4) is 0 Å². The van der Waals surface area contributed by atoms with Crippen molar-refractivity contribution in [2.45, 2.75) is 52.6 Å². The first-order valence-electron chi connectivity index (χ1n) is 9.65. The fourth-order valence-electron chi connectivity index (χ4n) is 3.19. The lowest BCUT2D eigenvalue weighted by Gasteiger charge is -2.33. The van der Waals surface area contributed by atoms with Crippen molar-refractivity contribution in [3.63, 3.8) is 0 Å². The van der Waals surface area contributed by atoms with Crippen molar-refractivity contribution in [1.29, 1.82) is 0 Å². The summed E-state index contributed by atoms with van der Waals surface area (Å²) in [5.74, 6) is 0.962. The molecule has 146 valence electrons. The predicted molar refractivity (Wildman–Crippen MR) is 123 cm³/mol. The Balaban J connectivity index is 0.00000338. The van der Waals surface area contributed by atoms with Gasteiger partial charge < -0.3 is 10.6 Å². The van der Waals surface area contributed by atoms with Crippen LogP contribution >= 0.6 is 24.0 Å². The number of benzene rings is 1. The van der Waals surface area contributed by atoms with Crippen molar-refractivity contribution in [3.8, 4) is 0 Å². The van der Waals surface area contributed by atoms with E-state index in [0.29, 0.717) is 6.04 Å². The molecule has 26 heavy (non-hydrogen) atoms. The largest absolute Gasteiger partial charge is 0.357 e. The lowest BCUT2D eigenvalue weighted by Crippen LogP contribution is -2.48. The number of rotatable bonds is 7. The molecule has 0 saturated carbocycles. The first kappa shape index (κ1) is 23.0. The van der Waals surface area contributed by atoms with Crippen LogP contribution in [0.5, 0.6) is 0 Å². The highest BCUT2D eigenvalue weighted by molar-refractivity contribution is 14.0. The van der Waals surface area contributed by atoms with Gasteiger partial charge in [-0.05, 0) is 51.2 Å². The van der Waals surface area contributed by atoms with E-state index in [4.69, 9.17) is 0 Å². The molecule has 1 saturated heterocycles. The van der Waals surface area contributed by atoms with Gasteiger partial charge in [0.25, 0.3) is 0 Å². The van der Waals surface area contributed by atoms with Crippen LogP contribution in [0, 0.1) is 6.92 Å². The standard InChI is InChI=1S/C21H34N4.HI/c1-4-6-9-14-23-21(22-5-2)24-20-12-15-25(16-13-20)17-19-11-8-7-10-18(19)3;/h4,6-8,10-11,20H,5,9,12-17H2,1-3H3,(H2,22,23,24);1H/b6-4+;. The highest BCUT2D eigenvalue weighted by Gasteiger charge is 2.20. The zero-order chi connectivity index (χ0) is 17.9. The van der Waals surface area contributed by atoms with Gasteiger partial charge in [-0.2, -0.15) is 0 Å². The third-order valence-electron chi connectivity index (χ3n) is 4.73. The molecular formula is C21H35IN4. The number of aliphatic imine (C=N–C) groups is 1. The number of nitrogens with one attached hydrogen (secondary N) is 2. The van der Waals surface area contributed by atoms with E-state index in [2.05, 4.69) is 77.7 Å². The molecule has 5 heteroatoms. The lowest BCUT2D eigenvalue weighted by atomic mass is 10.0. The van der Waals surface area contributed by atoms with E-state index < -0.39 is 0 Å². The molecule has 2 N–H and O–H groups in total. The Kier molecular flexibility index (Phi) is 11.6. The van der Waals surface area contributed by atoms with Gasteiger partial charge in [0.1, 0.15) is 0 Å². The summed E-state index contributed by atoms with van der Waals surface area (Å²) >= 11 is 0. The van der Waals surface area contributed by atoms with Gasteiger partial charge in [0.15, 0.2) is 5.96 Å². The van der Waals surface area contributed by atoms with E-state index in [9.17, 15) is 0 Å². The zero-order valence-electron chi connectivity index (χ0n) is 16.5. The molecule has 0 amide bonds. The molecular weight excluding hydrogens is 435 g/mol. The Morgan fingerprint density at radius 1 is 1.27 bits per heavy atom. The smallest absolute Gasteiger partial charge is 0.191 e. The van der Waals surface area contributed by atoms with Gasteiger partial charge in [0.2, 0.25) is 0 Å². The highest BCUT2D eigenvalue weighted by Crippen LogP contribution is 2.16. The predicted octanol–water partition coefficient (Wildman–Crippen LogP) is 4.10. The van der Waals surface area contributed by atoms with E-state index in [1.54, 1.807) is 0 Å². The van der Waals surface area contributed by atoms with Crippen molar-refractivity contribution >= 4 is 29.9 Å². The van der Waals surface area contributed by atoms with E-state index in [0.717, 1.165) is 45.1 Å². The molecule has 0 aliphatic carbocycles. The van der Waals surface area contributed by atoms with Crippen LogP contribution in [0.1, 0.15) is 44.2 Å². The fraction of sp³-hybridized carbons (Fsp3) is 0.571. The summed E-state index contributed by atoms with van der Waals surface area (Å²) < 4.78 is 0. The minimum atomic E-state index is 0. The van der Waals surface area contributed by atoms with Crippen LogP contribution in [-0.4, -0.2) is 43.1 Å². The molecule has 0 aromatic heterocycles. The van der Waals surface area contributed by atoms with Gasteiger partial charge >= 0.3 is 0 Å². The van der Waals surface area contributed by atoms with Crippen LogP contribution in [0.25, 0.3) is 0 Å². The first-order chi connectivity index (χ1) is 12.2. The minimum Gasteiger partial charge on any atom is -0.357 e. The number of hydrogen-bond donors (Lipinski definition) is 2. The van der Waals surface area contributed by atoms with Crippen molar-refractivity contribution in [2.75, 3.05) is 26.2 Å². The molecule has 1 heterocycles. The average molecular weight is 470 g/mol. The van der Waals surface area contributed by atoms with Gasteiger partial charge in [0.05, 0.1) is 0 Å². The summed E-state index contributed by atoms with van der Waals surface area (Å²) in [5, 5.41) is 6.98. The summed E-state index contributed by atoms with van der Waals surface area (Å²) in [6, 6.07) is 9.24. The van der Waals surface area contributed by atoms with Crippen molar-refractivity contribution in [1.82, 2.24) is 15.5 Å². The first-order valence-corrected chi connectivity index (χ1v) is 9.65. The number of halogens is 1. The maximum atomic E-state index is 4.67. The van der Waals surface area contributed by atoms with Gasteiger partial charge in [-0.25, -0.2) is 0 Å². The summed E-state index contributed by atoms with van der Waals surface area (Å²) in [5.41, 5.74) is 2.85. The SMILES string of the molecule is C/C=C/CCN=C(NCC)NC1CCN(Cc2ccccc2C)CC1.I. The molecule has 4 nitrogen and oxygen atoms in total. The summed E-state index contributed by atoms with van der Waals surface area (Å²) in [7, 11) is 0. The van der Waals surface area contributed by atoms with Gasteiger partial charge in [0, 0.05) is 38.8 Å². The lowest BCUT2D eigenvalue weighted by molar-refractivity contribution is 0.198. The molecule has 1 aliphatic heterocycles. The van der Waals surface area contributed by atoms with E-state index in [-0.39, 0.29) is 24.0 Å². The van der Waals surface area contributed by atoms with Gasteiger partial charge in [-0.3, -0.25) is 9.89 Å². The number of hydrogen-bond acceptors (Lipinski definition) is 2. The molecule has 1 aromatic carbocycles. The topological polar surface area (TPSA) is 39.7 Å². The van der Waals surface area contributed by atoms with Crippen molar-refractivity contribution < 1.29 is 0 Å². The number of likely N-dealkylation sites (tertiary alicyclic amines) is 1. The van der Waals surface area contributed by atoms with Gasteiger partial charge in [-0.1, -0.05) is 36.4 Å². The van der Waals surface area contributed by atoms with E-state index >= 15 is 0 Å². The van der Waals surface area contributed by atoms with Crippen LogP contribution in [0.4, 0.5) is 0 Å². The summed E-state index contributed by atoms with van der Waals surface area (Å²) in [4.78, 5) is 7.24. The summed E-state index contributed by atoms with van der Waals surface area (Å²) in [6.45, 7) is 11.5. The van der Waals surface area contributed by atoms with Crippen LogP contribution in [0.15, 0.2) is 41.4 Å². The van der Waals surface area contributed by atoms with E-state index in [1.165, 1.54) is 24.0 Å². The number of allylic oxidation sites excluding steroid dienone is 1. The van der Waals surface area contributed by atoms with Crippen LogP contribution in [0.2, 0.25) is 0 Å². The minimum absolute atomic E-state index is 0. The quantitative estimate of drug-likeness (QED) is 0.207. The Bertz CT molecular complexity index is 563. The molecule has 0 atom stereocenters. The molecule has 1 aliphatic rings. The van der Waals surface area contributed by atoms with Crippen LogP contribution < -0.4 is 10.6 Å². The van der Waals surface area contributed by atoms with Gasteiger partial charge in [-0.15, -0.1) is 24.0 Å². The monoisotopic (exact) mass is 470 g/mol. The normalized spacial score (nSPS) is 16.5. The molecule has 2 rings (SSSR count). The second-order valence-corrected chi connectivity index (χ2v) is 6.74. The second kappa shape index (κ2) is 13.1. The maximum absolute atomic E-state index is 4.67. The van der Waals surface area contributed by atoms with Crippen LogP contribution in [-0.2, 0) is 6.54 Å². The number of nitrogens with zero attached hydrogens (tertiary/aromatic N) is 2. The molecule has 0 radical (unpaired) electrons. The molecule has 1 aromatic rings. The number of guanidine groups is 1.